The van der Waals surface area contributed by atoms with Crippen LogP contribution in [-0.4, -0.2) is 22.9 Å². The minimum Gasteiger partial charge on any atom is -0.355 e. The van der Waals surface area contributed by atoms with Crippen molar-refractivity contribution in [2.75, 3.05) is 7.05 Å². The van der Waals surface area contributed by atoms with E-state index in [2.05, 4.69) is 21.9 Å². The highest BCUT2D eigenvalue weighted by molar-refractivity contribution is 5.95. The fourth-order valence-electron chi connectivity index (χ4n) is 1.55. The van der Waals surface area contributed by atoms with Gasteiger partial charge in [0.1, 0.15) is 0 Å². The van der Waals surface area contributed by atoms with Crippen LogP contribution >= 0.6 is 0 Å². The van der Waals surface area contributed by atoms with E-state index in [1.807, 2.05) is 65.8 Å². The topological polar surface area (TPSA) is 77.8 Å². The molecule has 1 amide bonds. The van der Waals surface area contributed by atoms with Crippen molar-refractivity contribution in [3.63, 3.8) is 0 Å². The SMILES string of the molecule is C=C(C=C(C)C)C(=O)NC.CC.CC.O=c1[nH]c2ccccc2[nH]1. The van der Waals surface area contributed by atoms with E-state index >= 15 is 0 Å². The van der Waals surface area contributed by atoms with Crippen LogP contribution in [0.15, 0.2) is 52.9 Å². The lowest BCUT2D eigenvalue weighted by Gasteiger charge is -1.97. The summed E-state index contributed by atoms with van der Waals surface area (Å²) in [5.41, 5.74) is 3.14. The van der Waals surface area contributed by atoms with Crippen LogP contribution in [0.3, 0.4) is 0 Å². The Kier molecular flexibility index (Phi) is 13.9. The van der Waals surface area contributed by atoms with Gasteiger partial charge in [-0.1, -0.05) is 58.1 Å². The van der Waals surface area contributed by atoms with Crippen LogP contribution in [0.1, 0.15) is 41.5 Å². The molecule has 1 heterocycles. The van der Waals surface area contributed by atoms with Gasteiger partial charge in [0.25, 0.3) is 0 Å². The van der Waals surface area contributed by atoms with Crippen LogP contribution < -0.4 is 11.0 Å². The number of rotatable bonds is 2. The van der Waals surface area contributed by atoms with Gasteiger partial charge in [0.05, 0.1) is 11.0 Å². The number of aromatic amines is 2. The third-order valence-corrected chi connectivity index (χ3v) is 2.41. The van der Waals surface area contributed by atoms with Crippen molar-refractivity contribution in [1.82, 2.24) is 15.3 Å². The molecule has 1 aromatic heterocycles. The Morgan fingerprint density at radius 1 is 1.04 bits per heavy atom. The van der Waals surface area contributed by atoms with Crippen molar-refractivity contribution < 1.29 is 4.79 Å². The average Bonchev–Trinajstić information content (AvgIpc) is 2.97. The molecule has 0 aliphatic carbocycles. The lowest BCUT2D eigenvalue weighted by Crippen LogP contribution is -2.18. The first kappa shape index (κ1) is 23.7. The highest BCUT2D eigenvalue weighted by atomic mass is 16.1. The molecule has 0 atom stereocenters. The molecule has 0 saturated carbocycles. The molecule has 0 aliphatic rings. The largest absolute Gasteiger partial charge is 0.355 e. The average molecular weight is 333 g/mol. The van der Waals surface area contributed by atoms with Gasteiger partial charge < -0.3 is 15.3 Å². The van der Waals surface area contributed by atoms with Gasteiger partial charge in [-0.15, -0.1) is 0 Å². The number of para-hydroxylation sites is 2. The second kappa shape index (κ2) is 14.1. The summed E-state index contributed by atoms with van der Waals surface area (Å²) in [5.74, 6) is -0.124. The molecule has 0 fully saturated rings. The maximum absolute atomic E-state index is 10.8. The van der Waals surface area contributed by atoms with E-state index in [1.165, 1.54) is 0 Å². The third-order valence-electron chi connectivity index (χ3n) is 2.41. The summed E-state index contributed by atoms with van der Waals surface area (Å²) in [6, 6.07) is 7.47. The summed E-state index contributed by atoms with van der Waals surface area (Å²) < 4.78 is 0. The molecule has 5 heteroatoms. The standard InChI is InChI=1S/C8H13NO.C7H6N2O.2C2H6/c1-6(2)5-7(3)8(10)9-4;10-7-8-5-3-1-2-4-6(5)9-7;2*1-2/h5H,3H2,1-2,4H3,(H,9,10);1-4H,(H2,8,9,10);2*1-2H3. The molecule has 5 nitrogen and oxygen atoms in total. The number of benzene rings is 1. The van der Waals surface area contributed by atoms with Crippen LogP contribution in [0.2, 0.25) is 0 Å². The molecule has 3 N–H and O–H groups in total. The molecule has 24 heavy (non-hydrogen) atoms. The van der Waals surface area contributed by atoms with E-state index in [0.717, 1.165) is 16.6 Å². The first-order valence-corrected chi connectivity index (χ1v) is 8.17. The van der Waals surface area contributed by atoms with Crippen molar-refractivity contribution in [3.05, 3.63) is 58.6 Å². The molecular weight excluding hydrogens is 302 g/mol. The summed E-state index contributed by atoms with van der Waals surface area (Å²) in [4.78, 5) is 26.8. The van der Waals surface area contributed by atoms with E-state index in [-0.39, 0.29) is 11.6 Å². The lowest BCUT2D eigenvalue weighted by molar-refractivity contribution is -0.116. The van der Waals surface area contributed by atoms with Crippen LogP contribution in [0, 0.1) is 0 Å². The van der Waals surface area contributed by atoms with E-state index in [9.17, 15) is 9.59 Å². The van der Waals surface area contributed by atoms with Crippen molar-refractivity contribution in [2.45, 2.75) is 41.5 Å². The molecule has 2 aromatic rings. The highest BCUT2D eigenvalue weighted by Gasteiger charge is 1.98. The number of nitrogens with one attached hydrogen (secondary N) is 3. The molecule has 134 valence electrons. The van der Waals surface area contributed by atoms with Crippen LogP contribution in [0.4, 0.5) is 0 Å². The van der Waals surface area contributed by atoms with Crippen LogP contribution in [0.5, 0.6) is 0 Å². The zero-order chi connectivity index (χ0) is 19.1. The van der Waals surface area contributed by atoms with E-state index in [0.29, 0.717) is 5.57 Å². The Labute approximate surface area is 144 Å². The Hall–Kier alpha value is -2.56. The summed E-state index contributed by atoms with van der Waals surface area (Å²) in [7, 11) is 1.59. The zero-order valence-electron chi connectivity index (χ0n) is 15.9. The molecule has 0 bridgehead atoms. The zero-order valence-corrected chi connectivity index (χ0v) is 15.9. The maximum atomic E-state index is 10.8. The van der Waals surface area contributed by atoms with Crippen molar-refractivity contribution in [1.29, 1.82) is 0 Å². The maximum Gasteiger partial charge on any atom is 0.323 e. The number of likely N-dealkylation sites (N-methyl/N-ethyl adjacent to an activating group) is 1. The van der Waals surface area contributed by atoms with Gasteiger partial charge >= 0.3 is 5.69 Å². The molecule has 0 aliphatic heterocycles. The summed E-state index contributed by atoms with van der Waals surface area (Å²) in [5, 5.41) is 2.49. The fourth-order valence-corrected chi connectivity index (χ4v) is 1.55. The number of hydrogen-bond donors (Lipinski definition) is 3. The lowest BCUT2D eigenvalue weighted by atomic mass is 10.2. The Morgan fingerprint density at radius 2 is 1.46 bits per heavy atom. The second-order valence-electron chi connectivity index (χ2n) is 4.45. The van der Waals surface area contributed by atoms with E-state index in [4.69, 9.17) is 0 Å². The van der Waals surface area contributed by atoms with Crippen LogP contribution in [0.25, 0.3) is 11.0 Å². The Balaban J connectivity index is 0. The minimum absolute atomic E-state index is 0.124. The summed E-state index contributed by atoms with van der Waals surface area (Å²) in [6.07, 6.45) is 1.75. The van der Waals surface area contributed by atoms with Gasteiger partial charge in [-0.05, 0) is 26.0 Å². The third kappa shape index (κ3) is 9.46. The first-order valence-electron chi connectivity index (χ1n) is 8.17. The molecule has 0 radical (unpaired) electrons. The number of fused-ring (bicyclic) bond motifs is 1. The molecule has 2 rings (SSSR count). The van der Waals surface area contributed by atoms with Gasteiger partial charge in [-0.3, -0.25) is 4.79 Å². The van der Waals surface area contributed by atoms with Gasteiger partial charge in [-0.2, -0.15) is 0 Å². The predicted octanol–water partition coefficient (Wildman–Crippen LogP) is 4.16. The predicted molar refractivity (Wildman–Crippen MR) is 104 cm³/mol. The number of aromatic nitrogens is 2. The first-order chi connectivity index (χ1) is 11.4. The van der Waals surface area contributed by atoms with Gasteiger partial charge in [-0.25, -0.2) is 4.79 Å². The molecule has 0 unspecified atom stereocenters. The van der Waals surface area contributed by atoms with Crippen molar-refractivity contribution in [2.24, 2.45) is 0 Å². The number of carbonyl (C=O) groups is 1. The van der Waals surface area contributed by atoms with Gasteiger partial charge in [0, 0.05) is 12.6 Å². The number of amides is 1. The molecular formula is C19H31N3O2. The number of H-pyrrole nitrogens is 2. The number of allylic oxidation sites excluding steroid dienone is 1. The number of carbonyl (C=O) groups excluding carboxylic acids is 1. The second-order valence-corrected chi connectivity index (χ2v) is 4.45. The number of imidazole rings is 1. The normalized spacial score (nSPS) is 8.29. The van der Waals surface area contributed by atoms with E-state index in [1.54, 1.807) is 13.1 Å². The minimum atomic E-state index is -0.152. The van der Waals surface area contributed by atoms with Crippen molar-refractivity contribution in [3.8, 4) is 0 Å². The Bertz CT molecular complexity index is 654. The van der Waals surface area contributed by atoms with Gasteiger partial charge in [0.15, 0.2) is 0 Å². The van der Waals surface area contributed by atoms with Gasteiger partial charge in [0.2, 0.25) is 5.91 Å². The fraction of sp³-hybridized carbons (Fsp3) is 0.368. The Morgan fingerprint density at radius 3 is 1.79 bits per heavy atom. The van der Waals surface area contributed by atoms with E-state index < -0.39 is 0 Å². The van der Waals surface area contributed by atoms with Crippen molar-refractivity contribution >= 4 is 16.9 Å². The smallest absolute Gasteiger partial charge is 0.323 e. The number of hydrogen-bond acceptors (Lipinski definition) is 2. The monoisotopic (exact) mass is 333 g/mol. The molecule has 0 saturated heterocycles. The summed E-state index contributed by atoms with van der Waals surface area (Å²) in [6.45, 7) is 15.4. The van der Waals surface area contributed by atoms with Crippen LogP contribution in [-0.2, 0) is 4.79 Å². The molecule has 1 aromatic carbocycles. The quantitative estimate of drug-likeness (QED) is 0.570. The highest BCUT2D eigenvalue weighted by Crippen LogP contribution is 2.03. The molecule has 0 spiro atoms. The summed E-state index contributed by atoms with van der Waals surface area (Å²) >= 11 is 0.